The van der Waals surface area contributed by atoms with E-state index in [2.05, 4.69) is 4.98 Å². The topological polar surface area (TPSA) is 92.5 Å². The van der Waals surface area contributed by atoms with Crippen LogP contribution >= 0.6 is 0 Å². The van der Waals surface area contributed by atoms with E-state index < -0.39 is 19.1 Å². The van der Waals surface area contributed by atoms with Gasteiger partial charge >= 0.3 is 19.1 Å². The summed E-state index contributed by atoms with van der Waals surface area (Å²) >= 11 is 0. The molecule has 7 nitrogen and oxygen atoms in total. The second-order valence-electron chi connectivity index (χ2n) is 4.07. The number of nitrogens with zero attached hydrogens (tertiary/aromatic N) is 3. The van der Waals surface area contributed by atoms with Crippen LogP contribution in [-0.2, 0) is 18.9 Å². The van der Waals surface area contributed by atoms with Gasteiger partial charge in [-0.2, -0.15) is 5.26 Å². The third-order valence-corrected chi connectivity index (χ3v) is 2.43. The molecule has 0 N–H and O–H groups in total. The monoisotopic (exact) mass is 259 g/mol. The summed E-state index contributed by atoms with van der Waals surface area (Å²) in [5.74, 6) is -1.05. The fraction of sp³-hybridized carbons (Fsp3) is 0.273. The number of carbonyl (C=O) groups excluding carboxylic acids is 2. The second kappa shape index (κ2) is 5.50. The van der Waals surface area contributed by atoms with Gasteiger partial charge in [0.05, 0.1) is 24.7 Å². The molecule has 8 heteroatoms. The van der Waals surface area contributed by atoms with E-state index in [-0.39, 0.29) is 18.7 Å². The Balaban J connectivity index is 2.24. The lowest BCUT2D eigenvalue weighted by molar-refractivity contribution is -0.145. The maximum absolute atomic E-state index is 11.5. The number of aromatic nitrogens is 1. The minimum atomic E-state index is -1.21. The molecule has 0 saturated carbocycles. The molecule has 0 amide bonds. The molecule has 1 aliphatic rings. The molecule has 0 aromatic carbocycles. The van der Waals surface area contributed by atoms with Crippen molar-refractivity contribution in [3.05, 3.63) is 23.9 Å². The highest BCUT2D eigenvalue weighted by Crippen LogP contribution is 2.01. The molecule has 0 aliphatic carbocycles. The van der Waals surface area contributed by atoms with Crippen molar-refractivity contribution in [1.29, 1.82) is 5.26 Å². The number of likely N-dealkylation sites (N-methyl/N-ethyl adjacent to an activating group) is 1. The van der Waals surface area contributed by atoms with Crippen LogP contribution in [-0.4, -0.2) is 49.1 Å². The van der Waals surface area contributed by atoms with Gasteiger partial charge in [-0.3, -0.25) is 19.5 Å². The Morgan fingerprint density at radius 1 is 1.37 bits per heavy atom. The summed E-state index contributed by atoms with van der Waals surface area (Å²) in [4.78, 5) is 28.5. The summed E-state index contributed by atoms with van der Waals surface area (Å²) in [5, 5.41) is 8.80. The molecule has 0 spiro atoms. The van der Waals surface area contributed by atoms with Crippen LogP contribution < -0.4 is 5.59 Å². The summed E-state index contributed by atoms with van der Waals surface area (Å²) in [6, 6.07) is 4.85. The van der Waals surface area contributed by atoms with E-state index in [1.54, 1.807) is 7.05 Å². The SMILES string of the molecule is CN1CC(=O)OB(c2cc(C#N)ccn2)OC(=O)C1. The summed E-state index contributed by atoms with van der Waals surface area (Å²) in [6.07, 6.45) is 1.39. The highest BCUT2D eigenvalue weighted by atomic mass is 16.6. The van der Waals surface area contributed by atoms with Crippen LogP contribution in [0.15, 0.2) is 18.3 Å². The van der Waals surface area contributed by atoms with Crippen molar-refractivity contribution in [3.63, 3.8) is 0 Å². The van der Waals surface area contributed by atoms with E-state index in [9.17, 15) is 9.59 Å². The molecule has 0 bridgehead atoms. The molecule has 1 aromatic rings. The highest BCUT2D eigenvalue weighted by molar-refractivity contribution is 6.63. The van der Waals surface area contributed by atoms with E-state index in [4.69, 9.17) is 14.6 Å². The lowest BCUT2D eigenvalue weighted by Crippen LogP contribution is -2.48. The molecule has 2 heterocycles. The normalized spacial score (nSPS) is 16.9. The Morgan fingerprint density at radius 2 is 2.00 bits per heavy atom. The summed E-state index contributed by atoms with van der Waals surface area (Å²) in [5.41, 5.74) is 0.557. The molecule has 1 aromatic heterocycles. The van der Waals surface area contributed by atoms with Crippen molar-refractivity contribution in [1.82, 2.24) is 9.88 Å². The van der Waals surface area contributed by atoms with Crippen LogP contribution in [0.1, 0.15) is 5.56 Å². The van der Waals surface area contributed by atoms with Crippen molar-refractivity contribution in [2.24, 2.45) is 0 Å². The fourth-order valence-electron chi connectivity index (χ4n) is 1.60. The average Bonchev–Trinajstić information content (AvgIpc) is 2.36. The number of rotatable bonds is 1. The number of pyridine rings is 1. The van der Waals surface area contributed by atoms with Gasteiger partial charge < -0.3 is 9.31 Å². The van der Waals surface area contributed by atoms with Gasteiger partial charge in [0.1, 0.15) is 5.59 Å². The first-order valence-corrected chi connectivity index (χ1v) is 5.52. The number of carbonyl (C=O) groups is 2. The molecule has 0 radical (unpaired) electrons. The van der Waals surface area contributed by atoms with E-state index >= 15 is 0 Å². The molecular weight excluding hydrogens is 249 g/mol. The molecule has 1 aliphatic heterocycles. The zero-order valence-corrected chi connectivity index (χ0v) is 10.2. The smallest absolute Gasteiger partial charge is 0.493 e. The maximum Gasteiger partial charge on any atom is 0.656 e. The quantitative estimate of drug-likeness (QED) is 0.577. The molecule has 0 unspecified atom stereocenters. The predicted molar refractivity (Wildman–Crippen MR) is 64.0 cm³/mol. The van der Waals surface area contributed by atoms with Crippen LogP contribution in [0.3, 0.4) is 0 Å². The second-order valence-corrected chi connectivity index (χ2v) is 4.07. The molecule has 0 atom stereocenters. The standard InChI is InChI=1S/C11H10BN3O4/c1-15-6-10(16)18-12(19-11(17)7-15)9-4-8(5-13)2-3-14-9/h2-4H,6-7H2,1H3. The Hall–Kier alpha value is -2.40. The van der Waals surface area contributed by atoms with Gasteiger partial charge in [0, 0.05) is 6.20 Å². The van der Waals surface area contributed by atoms with Gasteiger partial charge in [0.25, 0.3) is 0 Å². The van der Waals surface area contributed by atoms with Crippen molar-refractivity contribution in [3.8, 4) is 6.07 Å². The van der Waals surface area contributed by atoms with Crippen molar-refractivity contribution in [2.45, 2.75) is 0 Å². The Kier molecular flexibility index (Phi) is 3.78. The van der Waals surface area contributed by atoms with E-state index in [0.717, 1.165) is 0 Å². The predicted octanol–water partition coefficient (Wildman–Crippen LogP) is -1.32. The van der Waals surface area contributed by atoms with Crippen LogP contribution in [0.5, 0.6) is 0 Å². The van der Waals surface area contributed by atoms with Gasteiger partial charge in [0.15, 0.2) is 0 Å². The van der Waals surface area contributed by atoms with Crippen LogP contribution in [0.2, 0.25) is 0 Å². The minimum Gasteiger partial charge on any atom is -0.493 e. The molecule has 1 saturated heterocycles. The van der Waals surface area contributed by atoms with Crippen molar-refractivity contribution in [2.75, 3.05) is 20.1 Å². The first-order valence-electron chi connectivity index (χ1n) is 5.52. The number of hydrogen-bond acceptors (Lipinski definition) is 7. The van der Waals surface area contributed by atoms with Crippen molar-refractivity contribution >= 4 is 24.7 Å². The first kappa shape index (κ1) is 13.0. The van der Waals surface area contributed by atoms with E-state index in [1.807, 2.05) is 6.07 Å². The van der Waals surface area contributed by atoms with Gasteiger partial charge in [0.2, 0.25) is 0 Å². The van der Waals surface area contributed by atoms with Crippen molar-refractivity contribution < 1.29 is 18.9 Å². The zero-order chi connectivity index (χ0) is 13.8. The van der Waals surface area contributed by atoms with Gasteiger partial charge in [-0.05, 0) is 19.2 Å². The largest absolute Gasteiger partial charge is 0.656 e. The molecule has 19 heavy (non-hydrogen) atoms. The van der Waals surface area contributed by atoms with Crippen LogP contribution in [0, 0.1) is 11.3 Å². The first-order chi connectivity index (χ1) is 9.08. The van der Waals surface area contributed by atoms with E-state index in [1.165, 1.54) is 23.2 Å². The Bertz CT molecular complexity index is 537. The average molecular weight is 259 g/mol. The van der Waals surface area contributed by atoms with Gasteiger partial charge in [-0.1, -0.05) is 0 Å². The highest BCUT2D eigenvalue weighted by Gasteiger charge is 2.35. The van der Waals surface area contributed by atoms with Gasteiger partial charge in [-0.25, -0.2) is 0 Å². The fourth-order valence-corrected chi connectivity index (χ4v) is 1.60. The number of hydrogen-bond donors (Lipinski definition) is 0. The third kappa shape index (κ3) is 3.30. The van der Waals surface area contributed by atoms with E-state index in [0.29, 0.717) is 5.56 Å². The zero-order valence-electron chi connectivity index (χ0n) is 10.2. The van der Waals surface area contributed by atoms with Crippen LogP contribution in [0.4, 0.5) is 0 Å². The summed E-state index contributed by atoms with van der Waals surface area (Å²) in [6.45, 7) is -0.0208. The van der Waals surface area contributed by atoms with Gasteiger partial charge in [-0.15, -0.1) is 0 Å². The molecule has 2 rings (SSSR count). The Labute approximate surface area is 109 Å². The maximum atomic E-state index is 11.5. The summed E-state index contributed by atoms with van der Waals surface area (Å²) < 4.78 is 10.0. The summed E-state index contributed by atoms with van der Waals surface area (Å²) in [7, 11) is 0.402. The Morgan fingerprint density at radius 3 is 2.58 bits per heavy atom. The molecule has 1 fully saturated rings. The lowest BCUT2D eigenvalue weighted by Gasteiger charge is -2.22. The minimum absolute atomic E-state index is 0.0104. The number of nitriles is 1. The molecule has 96 valence electrons. The lowest BCUT2D eigenvalue weighted by atomic mass is 9.83. The third-order valence-electron chi connectivity index (χ3n) is 2.43. The molecular formula is C11H10BN3O4. The van der Waals surface area contributed by atoms with Crippen LogP contribution in [0.25, 0.3) is 0 Å².